The predicted molar refractivity (Wildman–Crippen MR) is 67.7 cm³/mol. The average molecular weight is 398 g/mol. The van der Waals surface area contributed by atoms with Gasteiger partial charge >= 0.3 is 18.2 Å². The Morgan fingerprint density at radius 1 is 1.09 bits per heavy atom. The molecule has 0 amide bonds. The number of alkyl halides is 4. The van der Waals surface area contributed by atoms with Gasteiger partial charge in [0.25, 0.3) is 0 Å². The summed E-state index contributed by atoms with van der Waals surface area (Å²) in [4.78, 5) is 10.8. The number of ether oxygens (including phenoxy) is 2. The fourth-order valence-corrected chi connectivity index (χ4v) is 2.30. The summed E-state index contributed by atoms with van der Waals surface area (Å²) in [5.41, 5.74) is -0.355. The highest BCUT2D eigenvalue weighted by atomic mass is 79.9. The van der Waals surface area contributed by atoms with Crippen LogP contribution in [0.1, 0.15) is 10.5 Å². The molecule has 122 valence electrons. The number of aromatic carboxylic acids is 1. The third-order valence-corrected chi connectivity index (χ3v) is 3.50. The highest BCUT2D eigenvalue weighted by Gasteiger charge is 2.66. The number of fused-ring (bicyclic) bond motifs is 1. The monoisotopic (exact) mass is 397 g/mol. The maximum Gasteiger partial charge on any atom is 0.507 e. The Hall–Kier alpha value is -2.30. The smallest absolute Gasteiger partial charge is 0.476 e. The van der Waals surface area contributed by atoms with E-state index in [0.717, 1.165) is 18.2 Å². The minimum atomic E-state index is -4.86. The first-order valence-electron chi connectivity index (χ1n) is 5.78. The summed E-state index contributed by atoms with van der Waals surface area (Å²) in [5.74, 6) is -2.73. The minimum Gasteiger partial charge on any atom is -0.476 e. The summed E-state index contributed by atoms with van der Waals surface area (Å²) in [6.07, 6.45) is -9.69. The molecule has 1 aliphatic rings. The van der Waals surface area contributed by atoms with Crippen molar-refractivity contribution in [1.82, 2.24) is 5.16 Å². The molecule has 1 aromatic heterocycles. The highest BCUT2D eigenvalue weighted by Crippen LogP contribution is 2.49. The van der Waals surface area contributed by atoms with E-state index in [1.807, 2.05) is 0 Å². The van der Waals surface area contributed by atoms with E-state index >= 15 is 0 Å². The highest BCUT2D eigenvalue weighted by molar-refractivity contribution is 9.10. The van der Waals surface area contributed by atoms with Gasteiger partial charge in [-0.25, -0.2) is 4.79 Å². The van der Waals surface area contributed by atoms with Gasteiger partial charge in [0.05, 0.1) is 0 Å². The molecule has 0 saturated heterocycles. The van der Waals surface area contributed by atoms with Gasteiger partial charge in [0.2, 0.25) is 0 Å². The third-order valence-electron chi connectivity index (χ3n) is 2.84. The van der Waals surface area contributed by atoms with Crippen molar-refractivity contribution in [2.45, 2.75) is 12.2 Å². The van der Waals surface area contributed by atoms with E-state index in [2.05, 4.69) is 30.6 Å². The van der Waals surface area contributed by atoms with Crippen LogP contribution in [0.2, 0.25) is 0 Å². The summed E-state index contributed by atoms with van der Waals surface area (Å²) in [5, 5.41) is 12.0. The van der Waals surface area contributed by atoms with E-state index in [1.54, 1.807) is 0 Å². The van der Waals surface area contributed by atoms with Gasteiger partial charge in [-0.1, -0.05) is 5.16 Å². The molecule has 6 nitrogen and oxygen atoms in total. The molecule has 0 aliphatic carbocycles. The van der Waals surface area contributed by atoms with Gasteiger partial charge in [0.1, 0.15) is 0 Å². The van der Waals surface area contributed by atoms with Crippen molar-refractivity contribution in [3.8, 4) is 22.8 Å². The van der Waals surface area contributed by atoms with Crippen molar-refractivity contribution in [2.75, 3.05) is 0 Å². The minimum absolute atomic E-state index is 0.0633. The molecular formula is C12H4BrF4NO5. The number of hydrogen-bond donors (Lipinski definition) is 1. The van der Waals surface area contributed by atoms with Crippen LogP contribution in [-0.2, 0) is 0 Å². The SMILES string of the molecule is O=C(O)c1cc(-c2cc3c(cc2Br)OC(F)(F)C(F)(F)O3)on1. The Kier molecular flexibility index (Phi) is 3.29. The summed E-state index contributed by atoms with van der Waals surface area (Å²) >= 11 is 3.02. The van der Waals surface area contributed by atoms with Crippen LogP contribution in [0, 0.1) is 0 Å². The zero-order chi connectivity index (χ0) is 17.0. The third kappa shape index (κ3) is 2.50. The van der Waals surface area contributed by atoms with Gasteiger partial charge in [-0.3, -0.25) is 0 Å². The molecule has 0 fully saturated rings. The first-order chi connectivity index (χ1) is 10.6. The largest absolute Gasteiger partial charge is 0.507 e. The molecular weight excluding hydrogens is 394 g/mol. The van der Waals surface area contributed by atoms with Crippen LogP contribution in [-0.4, -0.2) is 28.4 Å². The van der Waals surface area contributed by atoms with E-state index in [4.69, 9.17) is 9.63 Å². The molecule has 1 N–H and O–H groups in total. The average Bonchev–Trinajstić information content (AvgIpc) is 2.89. The normalized spacial score (nSPS) is 17.8. The quantitative estimate of drug-likeness (QED) is 0.777. The molecule has 3 rings (SSSR count). The Balaban J connectivity index is 2.07. The molecule has 23 heavy (non-hydrogen) atoms. The van der Waals surface area contributed by atoms with Crippen LogP contribution >= 0.6 is 15.9 Å². The second-order valence-corrected chi connectivity index (χ2v) is 5.25. The van der Waals surface area contributed by atoms with E-state index in [0.29, 0.717) is 0 Å². The number of benzene rings is 1. The maximum absolute atomic E-state index is 13.2. The molecule has 1 aromatic carbocycles. The maximum atomic E-state index is 13.2. The number of halogens is 5. The van der Waals surface area contributed by atoms with Crippen LogP contribution in [0.15, 0.2) is 27.2 Å². The van der Waals surface area contributed by atoms with E-state index in [1.165, 1.54) is 0 Å². The molecule has 2 heterocycles. The first-order valence-corrected chi connectivity index (χ1v) is 6.57. The number of rotatable bonds is 2. The molecule has 2 aromatic rings. The van der Waals surface area contributed by atoms with Crippen LogP contribution in [0.4, 0.5) is 17.6 Å². The zero-order valence-electron chi connectivity index (χ0n) is 10.6. The number of aromatic nitrogens is 1. The van der Waals surface area contributed by atoms with E-state index in [-0.39, 0.29) is 15.8 Å². The molecule has 0 spiro atoms. The van der Waals surface area contributed by atoms with Gasteiger partial charge in [-0.15, -0.1) is 0 Å². The van der Waals surface area contributed by atoms with E-state index < -0.39 is 35.4 Å². The number of carbonyl (C=O) groups is 1. The number of hydrogen-bond acceptors (Lipinski definition) is 5. The van der Waals surface area contributed by atoms with Gasteiger partial charge in [0.15, 0.2) is 23.0 Å². The fourth-order valence-electron chi connectivity index (χ4n) is 1.78. The second-order valence-electron chi connectivity index (χ2n) is 4.40. The van der Waals surface area contributed by atoms with Crippen molar-refractivity contribution in [3.05, 3.63) is 28.4 Å². The Morgan fingerprint density at radius 3 is 2.17 bits per heavy atom. The lowest BCUT2D eigenvalue weighted by Crippen LogP contribution is -2.52. The Labute approximate surface area is 132 Å². The lowest BCUT2D eigenvalue weighted by atomic mass is 10.1. The summed E-state index contributed by atoms with van der Waals surface area (Å²) in [7, 11) is 0. The number of carboxylic acid groups (broad SMARTS) is 1. The van der Waals surface area contributed by atoms with Gasteiger partial charge < -0.3 is 19.1 Å². The molecule has 0 atom stereocenters. The van der Waals surface area contributed by atoms with Crippen LogP contribution < -0.4 is 9.47 Å². The molecule has 0 saturated carbocycles. The Morgan fingerprint density at radius 2 is 1.65 bits per heavy atom. The zero-order valence-corrected chi connectivity index (χ0v) is 12.2. The summed E-state index contributed by atoms with van der Waals surface area (Å²) < 4.78 is 65.4. The number of carboxylic acids is 1. The first kappa shape index (κ1) is 15.6. The van der Waals surface area contributed by atoms with Crippen molar-refractivity contribution in [2.24, 2.45) is 0 Å². The van der Waals surface area contributed by atoms with Crippen LogP contribution in [0.25, 0.3) is 11.3 Å². The van der Waals surface area contributed by atoms with Gasteiger partial charge in [-0.2, -0.15) is 17.6 Å². The topological polar surface area (TPSA) is 81.8 Å². The lowest BCUT2D eigenvalue weighted by molar-refractivity contribution is -0.391. The number of nitrogens with zero attached hydrogens (tertiary/aromatic N) is 1. The molecule has 0 unspecified atom stereocenters. The van der Waals surface area contributed by atoms with Gasteiger partial charge in [-0.05, 0) is 28.1 Å². The standard InChI is InChI=1S/C12H4BrF4NO5/c13-5-2-9-8(21-11(14,15)12(16,17)22-9)1-4(5)7-3-6(10(19)20)18-23-7/h1-3H,(H,19,20). The summed E-state index contributed by atoms with van der Waals surface area (Å²) in [6, 6.07) is 2.94. The summed E-state index contributed by atoms with van der Waals surface area (Å²) in [6.45, 7) is 0. The van der Waals surface area contributed by atoms with Crippen molar-refractivity contribution in [3.63, 3.8) is 0 Å². The Bertz CT molecular complexity index is 807. The molecule has 11 heteroatoms. The molecule has 1 aliphatic heterocycles. The predicted octanol–water partition coefficient (Wildman–Crippen LogP) is 3.76. The van der Waals surface area contributed by atoms with Crippen LogP contribution in [0.3, 0.4) is 0 Å². The van der Waals surface area contributed by atoms with Gasteiger partial charge in [0, 0.05) is 16.1 Å². The van der Waals surface area contributed by atoms with Crippen LogP contribution in [0.5, 0.6) is 11.5 Å². The molecule has 0 radical (unpaired) electrons. The van der Waals surface area contributed by atoms with E-state index in [9.17, 15) is 22.4 Å². The lowest BCUT2D eigenvalue weighted by Gasteiger charge is -2.32. The van der Waals surface area contributed by atoms with Crippen molar-refractivity contribution in [1.29, 1.82) is 0 Å². The van der Waals surface area contributed by atoms with Crippen molar-refractivity contribution >= 4 is 21.9 Å². The fraction of sp³-hybridized carbons (Fsp3) is 0.167. The van der Waals surface area contributed by atoms with Crippen molar-refractivity contribution < 1.29 is 41.5 Å². The molecule has 0 bridgehead atoms. The second kappa shape index (κ2) is 4.85.